The largest absolute Gasteiger partial charge is 0.340 e. The Labute approximate surface area is 190 Å². The Bertz CT molecular complexity index is 1190. The fourth-order valence-electron chi connectivity index (χ4n) is 4.48. The van der Waals surface area contributed by atoms with Crippen LogP contribution in [-0.2, 0) is 28.9 Å². The number of Topliss-reactive ketones (excluding diaryl/α,β-unsaturated/α-hetero) is 1. The lowest BCUT2D eigenvalue weighted by molar-refractivity contribution is -0.122. The number of nitrogens with zero attached hydrogens (tertiary/aromatic N) is 2. The van der Waals surface area contributed by atoms with E-state index in [0.717, 1.165) is 57.9 Å². The minimum Gasteiger partial charge on any atom is -0.340 e. The number of benzene rings is 1. The number of aromatic nitrogens is 2. The quantitative estimate of drug-likeness (QED) is 0.517. The summed E-state index contributed by atoms with van der Waals surface area (Å²) in [4.78, 5) is 36.3. The molecule has 5 nitrogen and oxygen atoms in total. The standard InChI is InChI=1S/C24H25N3O2S2/c1-13(2)18(28)8-4-14-3-7-17-20(9-14)31-24-22(17)23(25-12-26-24)27-16-6-5-15-10-21(29)30-19(15)11-16/h5-6,11-14H,3-4,7-10H2,1-2H3,(H,25,26,27). The molecule has 1 N–H and O–H groups in total. The monoisotopic (exact) mass is 451 g/mol. The van der Waals surface area contributed by atoms with E-state index in [1.807, 2.05) is 32.0 Å². The van der Waals surface area contributed by atoms with Crippen molar-refractivity contribution in [3.05, 3.63) is 40.5 Å². The van der Waals surface area contributed by atoms with Crippen molar-refractivity contribution in [1.29, 1.82) is 0 Å². The molecule has 7 heteroatoms. The van der Waals surface area contributed by atoms with Gasteiger partial charge in [-0.25, -0.2) is 9.97 Å². The molecule has 31 heavy (non-hydrogen) atoms. The normalized spacial score (nSPS) is 17.8. The lowest BCUT2D eigenvalue weighted by Crippen LogP contribution is -2.15. The summed E-state index contributed by atoms with van der Waals surface area (Å²) in [5, 5.41) is 4.81. The van der Waals surface area contributed by atoms with E-state index in [4.69, 9.17) is 0 Å². The summed E-state index contributed by atoms with van der Waals surface area (Å²) in [6, 6.07) is 6.09. The second-order valence-electron chi connectivity index (χ2n) is 8.77. The predicted molar refractivity (Wildman–Crippen MR) is 126 cm³/mol. The zero-order chi connectivity index (χ0) is 21.5. The van der Waals surface area contributed by atoms with Gasteiger partial charge in [-0.3, -0.25) is 9.59 Å². The van der Waals surface area contributed by atoms with Gasteiger partial charge < -0.3 is 5.32 Å². The van der Waals surface area contributed by atoms with Gasteiger partial charge in [0.05, 0.1) is 5.39 Å². The second kappa shape index (κ2) is 8.36. The smallest absolute Gasteiger partial charge is 0.198 e. The Morgan fingerprint density at radius 2 is 2.16 bits per heavy atom. The van der Waals surface area contributed by atoms with Gasteiger partial charge in [-0.2, -0.15) is 0 Å². The highest BCUT2D eigenvalue weighted by atomic mass is 32.2. The number of thioether (sulfide) groups is 1. The molecular formula is C24H25N3O2S2. The Morgan fingerprint density at radius 3 is 3.00 bits per heavy atom. The lowest BCUT2D eigenvalue weighted by atomic mass is 9.84. The number of nitrogens with one attached hydrogen (secondary N) is 1. The molecular weight excluding hydrogens is 426 g/mol. The summed E-state index contributed by atoms with van der Waals surface area (Å²) >= 11 is 3.08. The molecule has 0 bridgehead atoms. The van der Waals surface area contributed by atoms with E-state index in [9.17, 15) is 9.59 Å². The van der Waals surface area contributed by atoms with Crippen molar-refractivity contribution >= 4 is 55.7 Å². The lowest BCUT2D eigenvalue weighted by Gasteiger charge is -2.22. The molecule has 1 atom stereocenters. The summed E-state index contributed by atoms with van der Waals surface area (Å²) in [7, 11) is 0. The van der Waals surface area contributed by atoms with Gasteiger partial charge in [-0.05, 0) is 54.9 Å². The molecule has 2 aliphatic rings. The summed E-state index contributed by atoms with van der Waals surface area (Å²) in [6.45, 7) is 3.97. The maximum absolute atomic E-state index is 12.0. The Kier molecular flexibility index (Phi) is 5.56. The third kappa shape index (κ3) is 4.13. The van der Waals surface area contributed by atoms with Gasteiger partial charge in [0.25, 0.3) is 0 Å². The molecule has 5 rings (SSSR count). The number of anilines is 2. The van der Waals surface area contributed by atoms with Crippen LogP contribution in [0.3, 0.4) is 0 Å². The molecule has 1 aromatic carbocycles. The van der Waals surface area contributed by atoms with E-state index in [1.54, 1.807) is 17.7 Å². The second-order valence-corrected chi connectivity index (χ2v) is 11.0. The third-order valence-electron chi connectivity index (χ3n) is 6.28. The van der Waals surface area contributed by atoms with Crippen molar-refractivity contribution < 1.29 is 9.59 Å². The highest BCUT2D eigenvalue weighted by molar-refractivity contribution is 8.14. The summed E-state index contributed by atoms with van der Waals surface area (Å²) in [5.41, 5.74) is 3.41. The van der Waals surface area contributed by atoms with E-state index < -0.39 is 0 Å². The summed E-state index contributed by atoms with van der Waals surface area (Å²) < 4.78 is 0. The fourth-order valence-corrected chi connectivity index (χ4v) is 6.71. The van der Waals surface area contributed by atoms with Crippen LogP contribution >= 0.6 is 23.1 Å². The van der Waals surface area contributed by atoms with Crippen LogP contribution in [0.25, 0.3) is 10.2 Å². The number of hydrogen-bond acceptors (Lipinski definition) is 7. The van der Waals surface area contributed by atoms with Crippen LogP contribution in [0.1, 0.15) is 49.1 Å². The minimum absolute atomic E-state index is 0.128. The molecule has 0 amide bonds. The highest BCUT2D eigenvalue weighted by Gasteiger charge is 2.26. The zero-order valence-electron chi connectivity index (χ0n) is 17.7. The molecule has 3 aromatic rings. The average Bonchev–Trinajstić information content (AvgIpc) is 3.30. The first-order chi connectivity index (χ1) is 15.0. The minimum atomic E-state index is 0.128. The Morgan fingerprint density at radius 1 is 1.29 bits per heavy atom. The highest BCUT2D eigenvalue weighted by Crippen LogP contribution is 2.42. The predicted octanol–water partition coefficient (Wildman–Crippen LogP) is 5.72. The van der Waals surface area contributed by atoms with Crippen molar-refractivity contribution in [1.82, 2.24) is 9.97 Å². The molecule has 0 spiro atoms. The number of hydrogen-bond donors (Lipinski definition) is 1. The van der Waals surface area contributed by atoms with Crippen molar-refractivity contribution in [2.75, 3.05) is 5.32 Å². The van der Waals surface area contributed by atoms with E-state index in [-0.39, 0.29) is 11.0 Å². The van der Waals surface area contributed by atoms with Gasteiger partial charge >= 0.3 is 0 Å². The van der Waals surface area contributed by atoms with Gasteiger partial charge in [-0.15, -0.1) is 11.3 Å². The first kappa shape index (κ1) is 20.6. The molecule has 160 valence electrons. The topological polar surface area (TPSA) is 72.0 Å². The van der Waals surface area contributed by atoms with Crippen LogP contribution < -0.4 is 5.32 Å². The van der Waals surface area contributed by atoms with Crippen LogP contribution in [0.2, 0.25) is 0 Å². The zero-order valence-corrected chi connectivity index (χ0v) is 19.4. The molecule has 3 heterocycles. The Balaban J connectivity index is 1.38. The van der Waals surface area contributed by atoms with Gasteiger partial charge in [0.1, 0.15) is 22.8 Å². The number of thiophene rings is 1. The molecule has 2 aromatic heterocycles. The van der Waals surface area contributed by atoms with Crippen LogP contribution in [-0.4, -0.2) is 20.9 Å². The van der Waals surface area contributed by atoms with Gasteiger partial charge in [0.15, 0.2) is 5.12 Å². The average molecular weight is 452 g/mol. The van der Waals surface area contributed by atoms with Gasteiger partial charge in [0.2, 0.25) is 0 Å². The summed E-state index contributed by atoms with van der Waals surface area (Å²) in [5.74, 6) is 1.90. The Hall–Kier alpha value is -2.25. The van der Waals surface area contributed by atoms with Crippen molar-refractivity contribution in [2.24, 2.45) is 11.8 Å². The number of carbonyl (C=O) groups is 2. The number of carbonyl (C=O) groups excluding carboxylic acids is 2. The van der Waals surface area contributed by atoms with Gasteiger partial charge in [-0.1, -0.05) is 31.7 Å². The van der Waals surface area contributed by atoms with Crippen LogP contribution in [0.4, 0.5) is 11.5 Å². The van der Waals surface area contributed by atoms with Crippen LogP contribution in [0.5, 0.6) is 0 Å². The maximum Gasteiger partial charge on any atom is 0.198 e. The molecule has 1 aliphatic carbocycles. The molecule has 0 saturated heterocycles. The van der Waals surface area contributed by atoms with E-state index >= 15 is 0 Å². The number of fused-ring (bicyclic) bond motifs is 4. The first-order valence-corrected chi connectivity index (χ1v) is 12.5. The van der Waals surface area contributed by atoms with Crippen LogP contribution in [0.15, 0.2) is 29.4 Å². The molecule has 1 aliphatic heterocycles. The third-order valence-corrected chi connectivity index (χ3v) is 8.41. The molecule has 0 radical (unpaired) electrons. The van der Waals surface area contributed by atoms with Crippen molar-refractivity contribution in [3.63, 3.8) is 0 Å². The number of aryl methyl sites for hydroxylation is 1. The molecule has 0 fully saturated rings. The summed E-state index contributed by atoms with van der Waals surface area (Å²) in [6.07, 6.45) is 6.94. The van der Waals surface area contributed by atoms with Gasteiger partial charge in [0, 0.05) is 34.2 Å². The van der Waals surface area contributed by atoms with Crippen molar-refractivity contribution in [3.8, 4) is 0 Å². The SMILES string of the molecule is CC(C)C(=O)CCC1CCc2c(sc3ncnc(Nc4ccc5c(c4)SC(=O)C5)c23)C1. The molecule has 0 saturated carbocycles. The molecule has 1 unspecified atom stereocenters. The van der Waals surface area contributed by atoms with Crippen molar-refractivity contribution in [2.45, 2.75) is 57.3 Å². The maximum atomic E-state index is 12.0. The van der Waals surface area contributed by atoms with E-state index in [1.165, 1.54) is 22.2 Å². The van der Waals surface area contributed by atoms with Crippen LogP contribution in [0, 0.1) is 11.8 Å². The van der Waals surface area contributed by atoms with E-state index in [2.05, 4.69) is 15.3 Å². The fraction of sp³-hybridized carbons (Fsp3) is 0.417. The number of ketones is 1. The van der Waals surface area contributed by atoms with E-state index in [0.29, 0.717) is 24.5 Å². The first-order valence-electron chi connectivity index (χ1n) is 10.9. The number of rotatable bonds is 6.